The second-order valence-corrected chi connectivity index (χ2v) is 5.46. The van der Waals surface area contributed by atoms with Crippen LogP contribution in [0.3, 0.4) is 0 Å². The van der Waals surface area contributed by atoms with Crippen LogP contribution in [0, 0.1) is 0 Å². The predicted octanol–water partition coefficient (Wildman–Crippen LogP) is 3.40. The molecular formula is C10H16BrNS. The van der Waals surface area contributed by atoms with Gasteiger partial charge in [0.25, 0.3) is 0 Å². The van der Waals surface area contributed by atoms with E-state index in [9.17, 15) is 0 Å². The van der Waals surface area contributed by atoms with Gasteiger partial charge in [-0.05, 0) is 47.9 Å². The normalized spacial score (nSPS) is 11.2. The lowest BCUT2D eigenvalue weighted by Gasteiger charge is -2.00. The van der Waals surface area contributed by atoms with Gasteiger partial charge in [0, 0.05) is 14.2 Å². The Morgan fingerprint density at radius 3 is 2.69 bits per heavy atom. The van der Waals surface area contributed by atoms with Crippen molar-refractivity contribution in [1.82, 2.24) is 5.32 Å². The van der Waals surface area contributed by atoms with Gasteiger partial charge in [-0.2, -0.15) is 0 Å². The largest absolute Gasteiger partial charge is 0.319 e. The number of halogens is 1. The number of rotatable bonds is 4. The fourth-order valence-electron chi connectivity index (χ4n) is 1.20. The molecule has 0 amide bonds. The van der Waals surface area contributed by atoms with Gasteiger partial charge >= 0.3 is 0 Å². The molecule has 0 saturated carbocycles. The first kappa shape index (κ1) is 11.2. The molecule has 0 aromatic carbocycles. The molecule has 1 rings (SSSR count). The van der Waals surface area contributed by atoms with Gasteiger partial charge in [0.15, 0.2) is 0 Å². The van der Waals surface area contributed by atoms with Crippen LogP contribution in [0.5, 0.6) is 0 Å². The molecule has 1 aromatic heterocycles. The molecule has 74 valence electrons. The third-order valence-corrected chi connectivity index (χ3v) is 4.32. The van der Waals surface area contributed by atoms with Crippen molar-refractivity contribution in [1.29, 1.82) is 0 Å². The number of hydrogen-bond donors (Lipinski definition) is 1. The Morgan fingerprint density at radius 1 is 1.54 bits per heavy atom. The molecule has 0 fully saturated rings. The lowest BCUT2D eigenvalue weighted by atomic mass is 10.2. The Bertz CT molecular complexity index is 268. The van der Waals surface area contributed by atoms with E-state index in [-0.39, 0.29) is 0 Å². The van der Waals surface area contributed by atoms with Crippen LogP contribution in [0.25, 0.3) is 0 Å². The van der Waals surface area contributed by atoms with E-state index in [4.69, 9.17) is 0 Å². The lowest BCUT2D eigenvalue weighted by Crippen LogP contribution is -2.09. The van der Waals surface area contributed by atoms with Crippen LogP contribution in [0.15, 0.2) is 10.5 Å². The summed E-state index contributed by atoms with van der Waals surface area (Å²) in [6.07, 6.45) is 1.13. The molecule has 0 aliphatic carbocycles. The molecule has 1 N–H and O–H groups in total. The minimum absolute atomic E-state index is 0.628. The molecule has 3 heteroatoms. The molecule has 13 heavy (non-hydrogen) atoms. The van der Waals surface area contributed by atoms with Gasteiger partial charge < -0.3 is 5.32 Å². The summed E-state index contributed by atoms with van der Waals surface area (Å²) in [7, 11) is 1.99. The third kappa shape index (κ3) is 3.08. The van der Waals surface area contributed by atoms with Crippen molar-refractivity contribution in [3.63, 3.8) is 0 Å². The van der Waals surface area contributed by atoms with Crippen LogP contribution in [0.2, 0.25) is 0 Å². The maximum absolute atomic E-state index is 3.60. The van der Waals surface area contributed by atoms with E-state index in [0.717, 1.165) is 13.0 Å². The fourth-order valence-corrected chi connectivity index (χ4v) is 3.38. The molecule has 0 aliphatic rings. The monoisotopic (exact) mass is 261 g/mol. The molecule has 0 spiro atoms. The Labute approximate surface area is 92.7 Å². The average molecular weight is 262 g/mol. The van der Waals surface area contributed by atoms with E-state index < -0.39 is 0 Å². The Hall–Kier alpha value is 0.140. The summed E-state index contributed by atoms with van der Waals surface area (Å²) in [5.41, 5.74) is 0. The highest BCUT2D eigenvalue weighted by molar-refractivity contribution is 9.10. The van der Waals surface area contributed by atoms with E-state index in [2.05, 4.69) is 41.2 Å². The maximum atomic E-state index is 3.60. The van der Waals surface area contributed by atoms with E-state index >= 15 is 0 Å². The summed E-state index contributed by atoms with van der Waals surface area (Å²) >= 11 is 5.52. The quantitative estimate of drug-likeness (QED) is 0.877. The second kappa shape index (κ2) is 5.13. The van der Waals surface area contributed by atoms with Crippen LogP contribution in [-0.4, -0.2) is 13.6 Å². The van der Waals surface area contributed by atoms with Crippen LogP contribution in [-0.2, 0) is 6.42 Å². The molecule has 0 aliphatic heterocycles. The summed E-state index contributed by atoms with van der Waals surface area (Å²) in [6.45, 7) is 5.53. The summed E-state index contributed by atoms with van der Waals surface area (Å²) in [6, 6.07) is 2.25. The minimum atomic E-state index is 0.628. The molecule has 0 saturated heterocycles. The van der Waals surface area contributed by atoms with Crippen LogP contribution in [0.1, 0.15) is 29.5 Å². The second-order valence-electron chi connectivity index (χ2n) is 3.43. The molecule has 0 atom stereocenters. The van der Waals surface area contributed by atoms with Crippen LogP contribution in [0.4, 0.5) is 0 Å². The predicted molar refractivity (Wildman–Crippen MR) is 63.7 cm³/mol. The zero-order valence-electron chi connectivity index (χ0n) is 8.36. The van der Waals surface area contributed by atoms with Gasteiger partial charge in [0.1, 0.15) is 0 Å². The average Bonchev–Trinajstić information content (AvgIpc) is 2.43. The molecule has 1 nitrogen and oxygen atoms in total. The molecule has 0 bridgehead atoms. The number of likely N-dealkylation sites (N-methyl/N-ethyl adjacent to an activating group) is 1. The van der Waals surface area contributed by atoms with Crippen molar-refractivity contribution in [2.45, 2.75) is 26.2 Å². The number of thiophene rings is 1. The number of nitrogens with one attached hydrogen (secondary N) is 1. The summed E-state index contributed by atoms with van der Waals surface area (Å²) < 4.78 is 1.28. The van der Waals surface area contributed by atoms with E-state index in [1.165, 1.54) is 14.2 Å². The van der Waals surface area contributed by atoms with Gasteiger partial charge in [0.05, 0.1) is 0 Å². The zero-order chi connectivity index (χ0) is 9.84. The van der Waals surface area contributed by atoms with Crippen LogP contribution < -0.4 is 5.32 Å². The molecule has 0 unspecified atom stereocenters. The summed E-state index contributed by atoms with van der Waals surface area (Å²) in [4.78, 5) is 2.93. The van der Waals surface area contributed by atoms with Crippen molar-refractivity contribution in [2.75, 3.05) is 13.6 Å². The first-order valence-corrected chi connectivity index (χ1v) is 6.18. The van der Waals surface area contributed by atoms with E-state index in [1.807, 2.05) is 18.4 Å². The van der Waals surface area contributed by atoms with E-state index in [1.54, 1.807) is 0 Å². The van der Waals surface area contributed by atoms with Gasteiger partial charge in [-0.15, -0.1) is 11.3 Å². The molecule has 1 heterocycles. The maximum Gasteiger partial charge on any atom is 0.0319 e. The van der Waals surface area contributed by atoms with Gasteiger partial charge in [-0.1, -0.05) is 13.8 Å². The molecule has 0 radical (unpaired) electrons. The SMILES string of the molecule is CNCCc1cc(Br)c(C(C)C)s1. The van der Waals surface area contributed by atoms with Crippen LogP contribution >= 0.6 is 27.3 Å². The Balaban J connectivity index is 2.71. The molecule has 1 aromatic rings. The van der Waals surface area contributed by atoms with Crippen molar-refractivity contribution in [2.24, 2.45) is 0 Å². The first-order valence-electron chi connectivity index (χ1n) is 4.58. The smallest absolute Gasteiger partial charge is 0.0319 e. The minimum Gasteiger partial charge on any atom is -0.319 e. The highest BCUT2D eigenvalue weighted by atomic mass is 79.9. The van der Waals surface area contributed by atoms with Crippen molar-refractivity contribution in [3.8, 4) is 0 Å². The van der Waals surface area contributed by atoms with E-state index in [0.29, 0.717) is 5.92 Å². The standard InChI is InChI=1S/C10H16BrNS/c1-7(2)10-9(11)6-8(13-10)4-5-12-3/h6-7,12H,4-5H2,1-3H3. The zero-order valence-corrected chi connectivity index (χ0v) is 10.8. The van der Waals surface area contributed by atoms with Gasteiger partial charge in [-0.3, -0.25) is 0 Å². The fraction of sp³-hybridized carbons (Fsp3) is 0.600. The highest BCUT2D eigenvalue weighted by Crippen LogP contribution is 2.33. The number of hydrogen-bond acceptors (Lipinski definition) is 2. The molecular weight excluding hydrogens is 246 g/mol. The Morgan fingerprint density at radius 2 is 2.23 bits per heavy atom. The van der Waals surface area contributed by atoms with Crippen molar-refractivity contribution >= 4 is 27.3 Å². The van der Waals surface area contributed by atoms with Crippen molar-refractivity contribution < 1.29 is 0 Å². The van der Waals surface area contributed by atoms with Gasteiger partial charge in [-0.25, -0.2) is 0 Å². The highest BCUT2D eigenvalue weighted by Gasteiger charge is 2.09. The Kier molecular flexibility index (Phi) is 4.42. The van der Waals surface area contributed by atoms with Crippen molar-refractivity contribution in [3.05, 3.63) is 20.3 Å². The topological polar surface area (TPSA) is 12.0 Å². The lowest BCUT2D eigenvalue weighted by molar-refractivity contribution is 0.799. The first-order chi connectivity index (χ1) is 6.15. The third-order valence-electron chi connectivity index (χ3n) is 1.91. The summed E-state index contributed by atoms with van der Waals surface area (Å²) in [5, 5.41) is 3.17. The summed E-state index contributed by atoms with van der Waals surface area (Å²) in [5.74, 6) is 0.628. The van der Waals surface area contributed by atoms with Gasteiger partial charge in [0.2, 0.25) is 0 Å².